The third-order valence-electron chi connectivity index (χ3n) is 3.41. The van der Waals surface area contributed by atoms with Gasteiger partial charge in [-0.15, -0.1) is 11.3 Å². The zero-order chi connectivity index (χ0) is 13.2. The summed E-state index contributed by atoms with van der Waals surface area (Å²) in [4.78, 5) is 3.09. The third kappa shape index (κ3) is 3.30. The maximum absolute atomic E-state index is 3.54. The molecule has 0 radical (unpaired) electrons. The van der Waals surface area contributed by atoms with Crippen molar-refractivity contribution in [2.24, 2.45) is 0 Å². The van der Waals surface area contributed by atoms with E-state index in [4.69, 9.17) is 0 Å². The van der Waals surface area contributed by atoms with Crippen LogP contribution in [0.5, 0.6) is 0 Å². The van der Waals surface area contributed by atoms with E-state index in [9.17, 15) is 0 Å². The first kappa shape index (κ1) is 13.8. The normalized spacial score (nSPS) is 13.8. The zero-order valence-electron chi connectivity index (χ0n) is 10.5. The summed E-state index contributed by atoms with van der Waals surface area (Å²) in [6.45, 7) is 1.89. The Kier molecular flexibility index (Phi) is 4.42. The molecule has 0 atom stereocenters. The molecule has 0 saturated heterocycles. The van der Waals surface area contributed by atoms with E-state index in [1.54, 1.807) is 10.4 Å². The number of thiophene rings is 1. The van der Waals surface area contributed by atoms with Crippen molar-refractivity contribution in [1.82, 2.24) is 5.32 Å². The minimum Gasteiger partial charge on any atom is -0.308 e. The van der Waals surface area contributed by atoms with E-state index in [1.165, 1.54) is 29.7 Å². The summed E-state index contributed by atoms with van der Waals surface area (Å²) in [5.74, 6) is 0. The first-order valence-electron chi connectivity index (χ1n) is 6.47. The van der Waals surface area contributed by atoms with Crippen LogP contribution >= 0.6 is 43.2 Å². The molecule has 1 aliphatic carbocycles. The average Bonchev–Trinajstić information content (AvgIpc) is 2.94. The summed E-state index contributed by atoms with van der Waals surface area (Å²) in [7, 11) is 0. The van der Waals surface area contributed by atoms with Crippen LogP contribution in [0, 0.1) is 0 Å². The first-order valence-corrected chi connectivity index (χ1v) is 8.88. The van der Waals surface area contributed by atoms with Crippen LogP contribution in [0.15, 0.2) is 33.2 Å². The van der Waals surface area contributed by atoms with Gasteiger partial charge in [-0.25, -0.2) is 0 Å². The van der Waals surface area contributed by atoms with Gasteiger partial charge in [0.1, 0.15) is 0 Å². The maximum atomic E-state index is 3.54. The van der Waals surface area contributed by atoms with Crippen LogP contribution in [0.3, 0.4) is 0 Å². The van der Waals surface area contributed by atoms with Gasteiger partial charge in [-0.3, -0.25) is 0 Å². The number of hydrogen-bond donors (Lipinski definition) is 1. The number of fused-ring (bicyclic) bond motifs is 1. The predicted octanol–water partition coefficient (Wildman–Crippen LogP) is 5.05. The number of rotatable bonds is 4. The molecule has 0 spiro atoms. The van der Waals surface area contributed by atoms with Crippen LogP contribution in [0.1, 0.15) is 27.3 Å². The van der Waals surface area contributed by atoms with Crippen molar-refractivity contribution in [2.45, 2.75) is 32.4 Å². The number of benzene rings is 1. The average molecular weight is 401 g/mol. The molecule has 2 aromatic rings. The molecule has 1 aliphatic rings. The molecule has 1 nitrogen and oxygen atoms in total. The highest BCUT2D eigenvalue weighted by molar-refractivity contribution is 9.13. The van der Waals surface area contributed by atoms with Crippen molar-refractivity contribution in [2.75, 3.05) is 0 Å². The van der Waals surface area contributed by atoms with Crippen LogP contribution in [0.25, 0.3) is 0 Å². The van der Waals surface area contributed by atoms with Gasteiger partial charge in [0.05, 0.1) is 0 Å². The first-order chi connectivity index (χ1) is 9.22. The van der Waals surface area contributed by atoms with Crippen molar-refractivity contribution in [3.63, 3.8) is 0 Å². The van der Waals surface area contributed by atoms with Crippen LogP contribution in [-0.4, -0.2) is 0 Å². The van der Waals surface area contributed by atoms with Crippen molar-refractivity contribution < 1.29 is 0 Å². The van der Waals surface area contributed by atoms with Gasteiger partial charge in [-0.1, -0.05) is 6.07 Å². The molecule has 0 fully saturated rings. The molecule has 0 saturated carbocycles. The summed E-state index contributed by atoms with van der Waals surface area (Å²) >= 11 is 9.02. The van der Waals surface area contributed by atoms with Gasteiger partial charge in [-0.2, -0.15) is 0 Å². The second-order valence-electron chi connectivity index (χ2n) is 4.87. The fourth-order valence-corrected chi connectivity index (χ4v) is 4.36. The highest BCUT2D eigenvalue weighted by atomic mass is 79.9. The highest BCUT2D eigenvalue weighted by Gasteiger charge is 2.14. The van der Waals surface area contributed by atoms with Gasteiger partial charge in [0, 0.05) is 31.8 Å². The second-order valence-corrected chi connectivity index (χ2v) is 7.80. The molecular formula is C15H15Br2NS. The lowest BCUT2D eigenvalue weighted by Gasteiger charge is -2.05. The van der Waals surface area contributed by atoms with Crippen molar-refractivity contribution in [3.8, 4) is 0 Å². The van der Waals surface area contributed by atoms with E-state index >= 15 is 0 Å². The van der Waals surface area contributed by atoms with Crippen LogP contribution in [0.2, 0.25) is 0 Å². The quantitative estimate of drug-likeness (QED) is 0.756. The second kappa shape index (κ2) is 6.08. The van der Waals surface area contributed by atoms with Gasteiger partial charge in [-0.05, 0) is 80.4 Å². The van der Waals surface area contributed by atoms with Gasteiger partial charge >= 0.3 is 0 Å². The molecule has 0 amide bonds. The Morgan fingerprint density at radius 1 is 1.05 bits per heavy atom. The van der Waals surface area contributed by atoms with Gasteiger partial charge in [0.15, 0.2) is 0 Å². The standard InChI is InChI=1S/C15H15Br2NS/c16-13-5-4-10(6-14(13)17)8-18-9-12-7-11-2-1-3-15(11)19-12/h4-7,18H,1-3,8-9H2. The molecular weight excluding hydrogens is 386 g/mol. The highest BCUT2D eigenvalue weighted by Crippen LogP contribution is 2.30. The lowest BCUT2D eigenvalue weighted by molar-refractivity contribution is 0.700. The van der Waals surface area contributed by atoms with Crippen LogP contribution in [-0.2, 0) is 25.9 Å². The fourth-order valence-electron chi connectivity index (χ4n) is 2.46. The SMILES string of the molecule is Brc1ccc(CNCc2cc3c(s2)CCC3)cc1Br. The molecule has 1 aromatic carbocycles. The molecule has 0 unspecified atom stereocenters. The van der Waals surface area contributed by atoms with Crippen molar-refractivity contribution in [3.05, 3.63) is 54.1 Å². The van der Waals surface area contributed by atoms with Crippen LogP contribution in [0.4, 0.5) is 0 Å². The van der Waals surface area contributed by atoms with Crippen molar-refractivity contribution in [1.29, 1.82) is 0 Å². The Balaban J connectivity index is 1.56. The molecule has 1 N–H and O–H groups in total. The summed E-state index contributed by atoms with van der Waals surface area (Å²) in [6.07, 6.45) is 3.92. The Bertz CT molecular complexity index is 570. The van der Waals surface area contributed by atoms with E-state index in [0.29, 0.717) is 0 Å². The Labute approximate surface area is 134 Å². The minimum absolute atomic E-state index is 0.911. The van der Waals surface area contributed by atoms with E-state index in [-0.39, 0.29) is 0 Å². The third-order valence-corrected chi connectivity index (χ3v) is 6.53. The summed E-state index contributed by atoms with van der Waals surface area (Å²) < 4.78 is 2.22. The van der Waals surface area contributed by atoms with E-state index in [2.05, 4.69) is 61.4 Å². The minimum atomic E-state index is 0.911. The Morgan fingerprint density at radius 3 is 2.74 bits per heavy atom. The summed E-state index contributed by atoms with van der Waals surface area (Å²) in [5, 5.41) is 3.53. The lowest BCUT2D eigenvalue weighted by atomic mass is 10.2. The molecule has 19 heavy (non-hydrogen) atoms. The van der Waals surface area contributed by atoms with Crippen molar-refractivity contribution >= 4 is 43.2 Å². The van der Waals surface area contributed by atoms with Gasteiger partial charge in [0.2, 0.25) is 0 Å². The molecule has 3 rings (SSSR count). The predicted molar refractivity (Wildman–Crippen MR) is 88.7 cm³/mol. The number of nitrogens with one attached hydrogen (secondary N) is 1. The molecule has 1 aromatic heterocycles. The van der Waals surface area contributed by atoms with Crippen LogP contribution < -0.4 is 5.32 Å². The smallest absolute Gasteiger partial charge is 0.0320 e. The summed E-state index contributed by atoms with van der Waals surface area (Å²) in [6, 6.07) is 8.78. The molecule has 0 bridgehead atoms. The van der Waals surface area contributed by atoms with E-state index in [1.807, 2.05) is 11.3 Å². The maximum Gasteiger partial charge on any atom is 0.0320 e. The fraction of sp³-hybridized carbons (Fsp3) is 0.333. The number of halogens is 2. The van der Waals surface area contributed by atoms with E-state index < -0.39 is 0 Å². The topological polar surface area (TPSA) is 12.0 Å². The molecule has 0 aliphatic heterocycles. The van der Waals surface area contributed by atoms with E-state index in [0.717, 1.165) is 22.0 Å². The lowest BCUT2D eigenvalue weighted by Crippen LogP contribution is -2.11. The number of aryl methyl sites for hydroxylation is 2. The molecule has 1 heterocycles. The largest absolute Gasteiger partial charge is 0.308 e. The molecule has 100 valence electrons. The number of hydrogen-bond acceptors (Lipinski definition) is 2. The monoisotopic (exact) mass is 399 g/mol. The van der Waals surface area contributed by atoms with Gasteiger partial charge < -0.3 is 5.32 Å². The van der Waals surface area contributed by atoms with Gasteiger partial charge in [0.25, 0.3) is 0 Å². The Hall–Kier alpha value is -0.160. The molecule has 4 heteroatoms. The zero-order valence-corrected chi connectivity index (χ0v) is 14.5. The Morgan fingerprint density at radius 2 is 1.95 bits per heavy atom. The summed E-state index contributed by atoms with van der Waals surface area (Å²) in [5.41, 5.74) is 2.90.